The maximum Gasteiger partial charge on any atom is 0.159 e. The molecular weight excluding hydrogens is 671 g/mol. The predicted molar refractivity (Wildman–Crippen MR) is 230 cm³/mol. The highest BCUT2D eigenvalue weighted by atomic mass is 16.3. The molecule has 1 saturated carbocycles. The second-order valence-corrected chi connectivity index (χ2v) is 15.1. The molecule has 0 saturated heterocycles. The van der Waals surface area contributed by atoms with Crippen LogP contribution in [0, 0.1) is 0 Å². The van der Waals surface area contributed by atoms with Crippen LogP contribution in [-0.2, 0) is 0 Å². The number of furan rings is 2. The summed E-state index contributed by atoms with van der Waals surface area (Å²) in [4.78, 5) is 2.36. The third kappa shape index (κ3) is 5.41. The molecule has 1 fully saturated rings. The first-order valence-electron chi connectivity index (χ1n) is 19.6. The Bertz CT molecular complexity index is 3010. The average Bonchev–Trinajstić information content (AvgIpc) is 3.83. The van der Waals surface area contributed by atoms with Gasteiger partial charge in [-0.05, 0) is 106 Å². The minimum absolute atomic E-state index is 0.547. The summed E-state index contributed by atoms with van der Waals surface area (Å²) >= 11 is 0. The molecule has 2 heterocycles. The standard InChI is InChI=1S/C52H39NO2/c1-2-11-36(12-3-1)43-18-9-19-45-46-20-10-21-48(52(46)55-51(43)45)53(40-30-25-37(26-31-40)42-17-8-14-35-13-4-5-15-41(35)42)39-28-23-34(24-29-39)38-27-32-50-47(33-38)44-16-6-7-22-49(44)54-50/h4-10,13-33,36H,1-3,11-12H2. The smallest absolute Gasteiger partial charge is 0.159 e. The van der Waals surface area contributed by atoms with Crippen LogP contribution in [0.25, 0.3) is 76.9 Å². The molecule has 0 N–H and O–H groups in total. The van der Waals surface area contributed by atoms with E-state index in [1.54, 1.807) is 0 Å². The van der Waals surface area contributed by atoms with Crippen molar-refractivity contribution in [3.05, 3.63) is 175 Å². The summed E-state index contributed by atoms with van der Waals surface area (Å²) in [6.07, 6.45) is 6.37. The number of hydrogen-bond donors (Lipinski definition) is 0. The molecule has 11 rings (SSSR count). The Balaban J connectivity index is 1.05. The molecular formula is C52H39NO2. The van der Waals surface area contributed by atoms with E-state index in [1.165, 1.54) is 65.0 Å². The lowest BCUT2D eigenvalue weighted by molar-refractivity contribution is 0.442. The van der Waals surface area contributed by atoms with Gasteiger partial charge in [-0.3, -0.25) is 0 Å². The number of benzene rings is 8. The molecule has 3 heteroatoms. The van der Waals surface area contributed by atoms with Crippen LogP contribution >= 0.6 is 0 Å². The van der Waals surface area contributed by atoms with Crippen molar-refractivity contribution >= 4 is 71.7 Å². The molecule has 0 radical (unpaired) electrons. The van der Waals surface area contributed by atoms with Crippen LogP contribution < -0.4 is 4.90 Å². The number of rotatable bonds is 6. The number of anilines is 3. The molecule has 3 nitrogen and oxygen atoms in total. The van der Waals surface area contributed by atoms with E-state index in [2.05, 4.69) is 163 Å². The Morgan fingerprint density at radius 2 is 1.04 bits per heavy atom. The van der Waals surface area contributed by atoms with Gasteiger partial charge >= 0.3 is 0 Å². The molecule has 8 aromatic carbocycles. The van der Waals surface area contributed by atoms with Gasteiger partial charge in [-0.25, -0.2) is 0 Å². The van der Waals surface area contributed by atoms with Crippen LogP contribution in [0.2, 0.25) is 0 Å². The topological polar surface area (TPSA) is 29.5 Å². The largest absolute Gasteiger partial charge is 0.456 e. The molecule has 0 spiro atoms. The third-order valence-electron chi connectivity index (χ3n) is 11.9. The molecule has 0 bridgehead atoms. The Labute approximate surface area is 320 Å². The molecule has 2 aromatic heterocycles. The summed E-state index contributed by atoms with van der Waals surface area (Å²) in [5.41, 5.74) is 13.0. The summed E-state index contributed by atoms with van der Waals surface area (Å²) < 4.78 is 13.2. The fourth-order valence-electron chi connectivity index (χ4n) is 9.14. The van der Waals surface area contributed by atoms with Crippen molar-refractivity contribution in [2.45, 2.75) is 38.0 Å². The normalized spacial score (nSPS) is 13.7. The molecule has 1 aliphatic carbocycles. The van der Waals surface area contributed by atoms with Crippen molar-refractivity contribution < 1.29 is 8.83 Å². The van der Waals surface area contributed by atoms with E-state index in [0.29, 0.717) is 5.92 Å². The first-order valence-corrected chi connectivity index (χ1v) is 19.6. The van der Waals surface area contributed by atoms with Crippen molar-refractivity contribution in [2.75, 3.05) is 4.90 Å². The summed E-state index contributed by atoms with van der Waals surface area (Å²) in [6.45, 7) is 0. The summed E-state index contributed by atoms with van der Waals surface area (Å²) in [5.74, 6) is 0.547. The van der Waals surface area contributed by atoms with Crippen molar-refractivity contribution in [1.29, 1.82) is 0 Å². The molecule has 1 aliphatic rings. The van der Waals surface area contributed by atoms with Crippen molar-refractivity contribution in [1.82, 2.24) is 0 Å². The van der Waals surface area contributed by atoms with Gasteiger partial charge in [0, 0.05) is 32.9 Å². The van der Waals surface area contributed by atoms with E-state index >= 15 is 0 Å². The molecule has 55 heavy (non-hydrogen) atoms. The van der Waals surface area contributed by atoms with E-state index in [9.17, 15) is 0 Å². The maximum absolute atomic E-state index is 7.04. The SMILES string of the molecule is c1ccc2c(-c3ccc(N(c4ccc(-c5ccc6oc7ccccc7c6c5)cc4)c4cccc5c4oc4c(C6CCCCC6)cccc45)cc3)cccc2c1. The number of nitrogens with zero attached hydrogens (tertiary/aromatic N) is 1. The quantitative estimate of drug-likeness (QED) is 0.172. The lowest BCUT2D eigenvalue weighted by Crippen LogP contribution is -2.10. The zero-order chi connectivity index (χ0) is 36.3. The van der Waals surface area contributed by atoms with E-state index in [1.807, 2.05) is 12.1 Å². The Kier molecular flexibility index (Phi) is 7.58. The van der Waals surface area contributed by atoms with Gasteiger partial charge in [0.1, 0.15) is 16.7 Å². The molecule has 10 aromatic rings. The van der Waals surface area contributed by atoms with E-state index < -0.39 is 0 Å². The fraction of sp³-hybridized carbons (Fsp3) is 0.115. The van der Waals surface area contributed by atoms with Gasteiger partial charge in [0.2, 0.25) is 0 Å². The maximum atomic E-state index is 7.04. The monoisotopic (exact) mass is 709 g/mol. The molecule has 0 unspecified atom stereocenters. The van der Waals surface area contributed by atoms with Crippen molar-refractivity contribution in [3.63, 3.8) is 0 Å². The first kappa shape index (κ1) is 31.9. The highest BCUT2D eigenvalue weighted by Crippen LogP contribution is 2.46. The molecule has 0 amide bonds. The predicted octanol–water partition coefficient (Wildman–Crippen LogP) is 15.5. The molecule has 0 atom stereocenters. The van der Waals surface area contributed by atoms with Gasteiger partial charge in [-0.2, -0.15) is 0 Å². The average molecular weight is 710 g/mol. The summed E-state index contributed by atoms with van der Waals surface area (Å²) in [7, 11) is 0. The summed E-state index contributed by atoms with van der Waals surface area (Å²) in [6, 6.07) is 61.2. The Hall–Kier alpha value is -6.58. The van der Waals surface area contributed by atoms with Crippen LogP contribution in [0.1, 0.15) is 43.6 Å². The van der Waals surface area contributed by atoms with Gasteiger partial charge in [-0.1, -0.05) is 141 Å². The van der Waals surface area contributed by atoms with Gasteiger partial charge in [-0.15, -0.1) is 0 Å². The highest BCUT2D eigenvalue weighted by Gasteiger charge is 2.24. The second kappa shape index (κ2) is 13.1. The van der Waals surface area contributed by atoms with Crippen LogP contribution in [-0.4, -0.2) is 0 Å². The first-order chi connectivity index (χ1) is 27.3. The minimum Gasteiger partial charge on any atom is -0.456 e. The van der Waals surface area contributed by atoms with Crippen molar-refractivity contribution in [3.8, 4) is 22.3 Å². The Morgan fingerprint density at radius 3 is 1.85 bits per heavy atom. The number of hydrogen-bond acceptors (Lipinski definition) is 3. The lowest BCUT2D eigenvalue weighted by Gasteiger charge is -2.26. The zero-order valence-corrected chi connectivity index (χ0v) is 30.5. The lowest BCUT2D eigenvalue weighted by atomic mass is 9.83. The van der Waals surface area contributed by atoms with E-state index in [4.69, 9.17) is 8.83 Å². The fourth-order valence-corrected chi connectivity index (χ4v) is 9.14. The van der Waals surface area contributed by atoms with Gasteiger partial charge in [0.05, 0.1) is 5.69 Å². The molecule has 264 valence electrons. The minimum atomic E-state index is 0.547. The third-order valence-corrected chi connectivity index (χ3v) is 11.9. The zero-order valence-electron chi connectivity index (χ0n) is 30.5. The van der Waals surface area contributed by atoms with Crippen LogP contribution in [0.4, 0.5) is 17.1 Å². The van der Waals surface area contributed by atoms with Crippen LogP contribution in [0.15, 0.2) is 179 Å². The Morgan fingerprint density at radius 1 is 0.418 bits per heavy atom. The molecule has 0 aliphatic heterocycles. The van der Waals surface area contributed by atoms with Gasteiger partial charge < -0.3 is 13.7 Å². The van der Waals surface area contributed by atoms with Gasteiger partial charge in [0.25, 0.3) is 0 Å². The van der Waals surface area contributed by atoms with Crippen molar-refractivity contribution in [2.24, 2.45) is 0 Å². The number of fused-ring (bicyclic) bond motifs is 7. The highest BCUT2D eigenvalue weighted by molar-refractivity contribution is 6.11. The second-order valence-electron chi connectivity index (χ2n) is 15.1. The van der Waals surface area contributed by atoms with Gasteiger partial charge in [0.15, 0.2) is 5.58 Å². The summed E-state index contributed by atoms with van der Waals surface area (Å²) in [5, 5.41) is 7.13. The van der Waals surface area contributed by atoms with Crippen LogP contribution in [0.5, 0.6) is 0 Å². The van der Waals surface area contributed by atoms with Crippen LogP contribution in [0.3, 0.4) is 0 Å². The number of para-hydroxylation sites is 3. The van der Waals surface area contributed by atoms with E-state index in [-0.39, 0.29) is 0 Å². The van der Waals surface area contributed by atoms with E-state index in [0.717, 1.165) is 66.7 Å².